The van der Waals surface area contributed by atoms with E-state index >= 15 is 0 Å². The molecule has 0 bridgehead atoms. The Bertz CT molecular complexity index is 708. The van der Waals surface area contributed by atoms with Crippen LogP contribution >= 0.6 is 15.9 Å². The molecule has 2 aromatic heterocycles. The summed E-state index contributed by atoms with van der Waals surface area (Å²) in [6.45, 7) is 9.27. The van der Waals surface area contributed by atoms with Crippen molar-refractivity contribution in [2.75, 3.05) is 5.32 Å². The smallest absolute Gasteiger partial charge is 0.412 e. The lowest BCUT2D eigenvalue weighted by Gasteiger charge is -2.19. The van der Waals surface area contributed by atoms with Crippen LogP contribution < -0.4 is 5.32 Å². The summed E-state index contributed by atoms with van der Waals surface area (Å²) in [5, 5.41) is 6.90. The fourth-order valence-corrected chi connectivity index (χ4v) is 2.02. The minimum atomic E-state index is -0.545. The number of halogens is 1. The van der Waals surface area contributed by atoms with Gasteiger partial charge in [0.15, 0.2) is 5.82 Å². The molecule has 0 saturated carbocycles. The van der Waals surface area contributed by atoms with Gasteiger partial charge < -0.3 is 4.74 Å². The predicted octanol–water partition coefficient (Wildman–Crippen LogP) is 3.70. The van der Waals surface area contributed by atoms with E-state index in [2.05, 4.69) is 36.3 Å². The molecular formula is C15H20BrN5O2. The van der Waals surface area contributed by atoms with E-state index in [9.17, 15) is 4.79 Å². The molecule has 1 atom stereocenters. The lowest BCUT2D eigenvalue weighted by atomic mass is 10.2. The Morgan fingerprint density at radius 1 is 1.39 bits per heavy atom. The number of nitrogens with zero attached hydrogens (tertiary/aromatic N) is 4. The van der Waals surface area contributed by atoms with Gasteiger partial charge in [-0.25, -0.2) is 14.8 Å². The maximum absolute atomic E-state index is 11.8. The van der Waals surface area contributed by atoms with Crippen molar-refractivity contribution in [2.24, 2.45) is 0 Å². The molecule has 1 N–H and O–H groups in total. The second-order valence-corrected chi connectivity index (χ2v) is 7.03. The molecule has 0 aliphatic heterocycles. The summed E-state index contributed by atoms with van der Waals surface area (Å²) < 4.78 is 7.76. The van der Waals surface area contributed by atoms with Gasteiger partial charge in [0.05, 0.1) is 22.1 Å². The van der Waals surface area contributed by atoms with E-state index in [0.717, 1.165) is 10.2 Å². The Morgan fingerprint density at radius 2 is 2.09 bits per heavy atom. The minimum Gasteiger partial charge on any atom is -0.444 e. The summed E-state index contributed by atoms with van der Waals surface area (Å²) in [5.74, 6) is 0.651. The lowest BCUT2D eigenvalue weighted by Crippen LogP contribution is -2.27. The summed E-state index contributed by atoms with van der Waals surface area (Å²) in [4.78, 5) is 20.5. The van der Waals surface area contributed by atoms with Crippen molar-refractivity contribution in [1.82, 2.24) is 19.7 Å². The van der Waals surface area contributed by atoms with Crippen molar-refractivity contribution < 1.29 is 9.53 Å². The second kappa shape index (κ2) is 6.66. The number of carbonyl (C=O) groups is 1. The molecule has 0 aliphatic carbocycles. The van der Waals surface area contributed by atoms with Crippen LogP contribution in [0.1, 0.15) is 45.3 Å². The third kappa shape index (κ3) is 4.75. The standard InChI is InChI=1S/C15H20BrN5O2/c1-9-12(16)7-17-13(19-9)10(2)21-8-11(6-18-21)20-14(22)23-15(3,4)5/h6-8,10H,1-5H3,(H,20,22). The molecular weight excluding hydrogens is 362 g/mol. The van der Waals surface area contributed by atoms with Crippen LogP contribution in [0.3, 0.4) is 0 Å². The van der Waals surface area contributed by atoms with Gasteiger partial charge in [-0.2, -0.15) is 5.10 Å². The molecule has 7 nitrogen and oxygen atoms in total. The summed E-state index contributed by atoms with van der Waals surface area (Å²) in [5.41, 5.74) is 0.872. The van der Waals surface area contributed by atoms with Crippen molar-refractivity contribution in [2.45, 2.75) is 46.3 Å². The second-order valence-electron chi connectivity index (χ2n) is 6.17. The highest BCUT2D eigenvalue weighted by atomic mass is 79.9. The topological polar surface area (TPSA) is 81.9 Å². The van der Waals surface area contributed by atoms with Crippen molar-refractivity contribution in [3.63, 3.8) is 0 Å². The highest BCUT2D eigenvalue weighted by Gasteiger charge is 2.18. The number of nitrogens with one attached hydrogen (secondary N) is 1. The van der Waals surface area contributed by atoms with E-state index in [4.69, 9.17) is 4.74 Å². The molecule has 1 unspecified atom stereocenters. The first kappa shape index (κ1) is 17.4. The molecule has 124 valence electrons. The zero-order valence-corrected chi connectivity index (χ0v) is 15.4. The quantitative estimate of drug-likeness (QED) is 0.876. The maximum Gasteiger partial charge on any atom is 0.412 e. The minimum absolute atomic E-state index is 0.156. The van der Waals surface area contributed by atoms with Gasteiger partial charge in [0.1, 0.15) is 11.6 Å². The molecule has 2 aromatic rings. The summed E-state index contributed by atoms with van der Waals surface area (Å²) in [6.07, 6.45) is 4.49. The monoisotopic (exact) mass is 381 g/mol. The average Bonchev–Trinajstić information content (AvgIpc) is 2.87. The van der Waals surface area contributed by atoms with E-state index in [0.29, 0.717) is 11.5 Å². The van der Waals surface area contributed by atoms with Gasteiger partial charge in [-0.15, -0.1) is 0 Å². The fourth-order valence-electron chi connectivity index (χ4n) is 1.83. The average molecular weight is 382 g/mol. The van der Waals surface area contributed by atoms with Crippen LogP contribution in [0.2, 0.25) is 0 Å². The van der Waals surface area contributed by atoms with E-state index in [1.165, 1.54) is 0 Å². The first-order valence-corrected chi connectivity index (χ1v) is 7.98. The van der Waals surface area contributed by atoms with Crippen LogP contribution in [-0.4, -0.2) is 31.4 Å². The Labute approximate surface area is 143 Å². The van der Waals surface area contributed by atoms with Gasteiger partial charge in [-0.05, 0) is 50.5 Å². The van der Waals surface area contributed by atoms with E-state index in [1.54, 1.807) is 23.3 Å². The van der Waals surface area contributed by atoms with Gasteiger partial charge in [0.2, 0.25) is 0 Å². The summed E-state index contributed by atoms with van der Waals surface area (Å²) in [6, 6.07) is -0.156. The summed E-state index contributed by atoms with van der Waals surface area (Å²) >= 11 is 3.38. The summed E-state index contributed by atoms with van der Waals surface area (Å²) in [7, 11) is 0. The Kier molecular flexibility index (Phi) is 5.03. The lowest BCUT2D eigenvalue weighted by molar-refractivity contribution is 0.0636. The Morgan fingerprint density at radius 3 is 2.70 bits per heavy atom. The molecule has 2 rings (SSSR count). The molecule has 1 amide bonds. The molecule has 0 radical (unpaired) electrons. The van der Waals surface area contributed by atoms with Crippen LogP contribution in [0.25, 0.3) is 0 Å². The zero-order valence-electron chi connectivity index (χ0n) is 13.8. The maximum atomic E-state index is 11.8. The molecule has 23 heavy (non-hydrogen) atoms. The van der Waals surface area contributed by atoms with Crippen molar-refractivity contribution in [3.05, 3.63) is 34.6 Å². The number of amides is 1. The van der Waals surface area contributed by atoms with Crippen molar-refractivity contribution in [3.8, 4) is 0 Å². The Balaban J connectivity index is 2.09. The molecule has 0 aromatic carbocycles. The van der Waals surface area contributed by atoms with Gasteiger partial charge in [-0.3, -0.25) is 10.00 Å². The van der Waals surface area contributed by atoms with Crippen LogP contribution in [0.5, 0.6) is 0 Å². The molecule has 0 saturated heterocycles. The van der Waals surface area contributed by atoms with Crippen LogP contribution in [0.4, 0.5) is 10.5 Å². The number of aryl methyl sites for hydroxylation is 1. The van der Waals surface area contributed by atoms with E-state index in [-0.39, 0.29) is 6.04 Å². The first-order valence-electron chi connectivity index (χ1n) is 7.19. The van der Waals surface area contributed by atoms with E-state index in [1.807, 2.05) is 34.6 Å². The van der Waals surface area contributed by atoms with Gasteiger partial charge in [0.25, 0.3) is 0 Å². The van der Waals surface area contributed by atoms with Gasteiger partial charge in [-0.1, -0.05) is 0 Å². The highest BCUT2D eigenvalue weighted by molar-refractivity contribution is 9.10. The fraction of sp³-hybridized carbons (Fsp3) is 0.467. The molecule has 0 aliphatic rings. The predicted molar refractivity (Wildman–Crippen MR) is 90.4 cm³/mol. The highest BCUT2D eigenvalue weighted by Crippen LogP contribution is 2.19. The molecule has 0 fully saturated rings. The number of hydrogen-bond donors (Lipinski definition) is 1. The third-order valence-electron chi connectivity index (χ3n) is 2.96. The van der Waals surface area contributed by atoms with Crippen molar-refractivity contribution in [1.29, 1.82) is 0 Å². The first-order chi connectivity index (χ1) is 10.7. The van der Waals surface area contributed by atoms with Gasteiger partial charge >= 0.3 is 6.09 Å². The SMILES string of the molecule is Cc1nc(C(C)n2cc(NC(=O)OC(C)(C)C)cn2)ncc1Br. The van der Waals surface area contributed by atoms with E-state index < -0.39 is 11.7 Å². The Hall–Kier alpha value is -1.96. The number of hydrogen-bond acceptors (Lipinski definition) is 5. The van der Waals surface area contributed by atoms with Crippen molar-refractivity contribution >= 4 is 27.7 Å². The molecule has 2 heterocycles. The normalized spacial score (nSPS) is 12.8. The zero-order chi connectivity index (χ0) is 17.2. The largest absolute Gasteiger partial charge is 0.444 e. The number of aromatic nitrogens is 4. The number of ether oxygens (including phenoxy) is 1. The van der Waals surface area contributed by atoms with Gasteiger partial charge in [0, 0.05) is 12.4 Å². The van der Waals surface area contributed by atoms with Crippen LogP contribution in [0, 0.1) is 6.92 Å². The molecule has 8 heteroatoms. The number of carbonyl (C=O) groups excluding carboxylic acids is 1. The van der Waals surface area contributed by atoms with Crippen LogP contribution in [-0.2, 0) is 4.74 Å². The molecule has 0 spiro atoms. The number of anilines is 1. The third-order valence-corrected chi connectivity index (χ3v) is 3.73. The number of rotatable bonds is 3. The van der Waals surface area contributed by atoms with Crippen LogP contribution in [0.15, 0.2) is 23.1 Å².